The van der Waals surface area contributed by atoms with Gasteiger partial charge in [0, 0.05) is 18.0 Å². The Morgan fingerprint density at radius 3 is 2.92 bits per heavy atom. The van der Waals surface area contributed by atoms with Crippen LogP contribution in [0.4, 0.5) is 0 Å². The summed E-state index contributed by atoms with van der Waals surface area (Å²) < 4.78 is 10.1. The summed E-state index contributed by atoms with van der Waals surface area (Å²) in [7, 11) is 1.35. The van der Waals surface area contributed by atoms with Crippen LogP contribution in [0, 0.1) is 6.92 Å². The average Bonchev–Trinajstić information content (AvgIpc) is 3.08. The molecule has 0 amide bonds. The summed E-state index contributed by atoms with van der Waals surface area (Å²) in [6.07, 6.45) is 0.987. The summed E-state index contributed by atoms with van der Waals surface area (Å²) >= 11 is 1.78. The quantitative estimate of drug-likeness (QED) is 0.768. The second-order valence-corrected chi connectivity index (χ2v) is 7.12. The van der Waals surface area contributed by atoms with E-state index in [0.29, 0.717) is 5.56 Å². The van der Waals surface area contributed by atoms with Gasteiger partial charge in [-0.3, -0.25) is 9.69 Å². The monoisotopic (exact) mass is 359 g/mol. The Balaban J connectivity index is 1.55. The molecule has 1 aromatic carbocycles. The van der Waals surface area contributed by atoms with Gasteiger partial charge >= 0.3 is 11.9 Å². The molecule has 0 aliphatic carbocycles. The van der Waals surface area contributed by atoms with Crippen LogP contribution in [-0.2, 0) is 33.8 Å². The lowest BCUT2D eigenvalue weighted by molar-refractivity contribution is -0.146. The number of hydrogen-bond donors (Lipinski definition) is 0. The summed E-state index contributed by atoms with van der Waals surface area (Å²) in [4.78, 5) is 27.3. The SMILES string of the molecule is COC(=O)c1ccc(C)c(COC(=O)CN2CCc3sccc3C2)c1. The van der Waals surface area contributed by atoms with E-state index in [1.807, 2.05) is 13.0 Å². The maximum atomic E-state index is 12.2. The van der Waals surface area contributed by atoms with Crippen LogP contribution < -0.4 is 0 Å². The minimum absolute atomic E-state index is 0.160. The molecule has 25 heavy (non-hydrogen) atoms. The van der Waals surface area contributed by atoms with Gasteiger partial charge in [-0.05, 0) is 53.6 Å². The number of benzene rings is 1. The van der Waals surface area contributed by atoms with Crippen LogP contribution in [0.3, 0.4) is 0 Å². The van der Waals surface area contributed by atoms with Gasteiger partial charge in [0.25, 0.3) is 0 Å². The predicted octanol–water partition coefficient (Wildman–Crippen LogP) is 2.94. The Labute approximate surface area is 151 Å². The molecule has 2 heterocycles. The van der Waals surface area contributed by atoms with Gasteiger partial charge in [0.15, 0.2) is 0 Å². The molecule has 0 N–H and O–H groups in total. The van der Waals surface area contributed by atoms with E-state index in [9.17, 15) is 9.59 Å². The summed E-state index contributed by atoms with van der Waals surface area (Å²) in [5, 5.41) is 2.10. The van der Waals surface area contributed by atoms with Gasteiger partial charge in [0.2, 0.25) is 0 Å². The Kier molecular flexibility index (Phi) is 5.50. The van der Waals surface area contributed by atoms with Crippen molar-refractivity contribution in [3.05, 3.63) is 56.8 Å². The average molecular weight is 359 g/mol. The summed E-state index contributed by atoms with van der Waals surface area (Å²) in [6, 6.07) is 7.38. The van der Waals surface area contributed by atoms with E-state index in [2.05, 4.69) is 16.3 Å². The number of rotatable bonds is 5. The molecule has 0 fully saturated rings. The zero-order chi connectivity index (χ0) is 17.8. The Hall–Kier alpha value is -2.18. The van der Waals surface area contributed by atoms with E-state index < -0.39 is 5.97 Å². The molecule has 0 unspecified atom stereocenters. The maximum absolute atomic E-state index is 12.2. The third-order valence-electron chi connectivity index (χ3n) is 4.40. The number of carbonyl (C=O) groups is 2. The van der Waals surface area contributed by atoms with Crippen molar-refractivity contribution in [1.82, 2.24) is 4.90 Å². The van der Waals surface area contributed by atoms with Gasteiger partial charge in [0.1, 0.15) is 6.61 Å². The van der Waals surface area contributed by atoms with Crippen LogP contribution >= 0.6 is 11.3 Å². The number of carbonyl (C=O) groups excluding carboxylic acids is 2. The number of aryl methyl sites for hydroxylation is 1. The second kappa shape index (κ2) is 7.80. The van der Waals surface area contributed by atoms with E-state index in [-0.39, 0.29) is 19.1 Å². The first-order valence-electron chi connectivity index (χ1n) is 8.18. The molecule has 5 nitrogen and oxygen atoms in total. The number of methoxy groups -OCH3 is 1. The standard InChI is InChI=1S/C19H21NO4S/c1-13-3-4-14(19(22)23-2)9-16(13)12-24-18(21)11-20-7-5-17-15(10-20)6-8-25-17/h3-4,6,8-9H,5,7,10-12H2,1-2H3. The van der Waals surface area contributed by atoms with Crippen molar-refractivity contribution < 1.29 is 19.1 Å². The second-order valence-electron chi connectivity index (χ2n) is 6.12. The number of fused-ring (bicyclic) bond motifs is 1. The molecule has 0 saturated carbocycles. The van der Waals surface area contributed by atoms with Crippen molar-refractivity contribution in [3.63, 3.8) is 0 Å². The minimum Gasteiger partial charge on any atom is -0.465 e. The topological polar surface area (TPSA) is 55.8 Å². The molecule has 0 radical (unpaired) electrons. The number of hydrogen-bond acceptors (Lipinski definition) is 6. The van der Waals surface area contributed by atoms with Crippen LogP contribution in [-0.4, -0.2) is 37.0 Å². The highest BCUT2D eigenvalue weighted by atomic mass is 32.1. The molecule has 1 aliphatic rings. The lowest BCUT2D eigenvalue weighted by Gasteiger charge is -2.25. The Bertz CT molecular complexity index is 783. The van der Waals surface area contributed by atoms with Gasteiger partial charge in [-0.1, -0.05) is 6.07 Å². The lowest BCUT2D eigenvalue weighted by Crippen LogP contribution is -2.35. The van der Waals surface area contributed by atoms with Gasteiger partial charge in [-0.25, -0.2) is 4.79 Å². The van der Waals surface area contributed by atoms with Crippen molar-refractivity contribution in [3.8, 4) is 0 Å². The number of esters is 2. The molecule has 2 aromatic rings. The van der Waals surface area contributed by atoms with E-state index in [1.165, 1.54) is 17.6 Å². The van der Waals surface area contributed by atoms with Gasteiger partial charge in [-0.15, -0.1) is 11.3 Å². The maximum Gasteiger partial charge on any atom is 0.337 e. The largest absolute Gasteiger partial charge is 0.465 e. The molecule has 0 saturated heterocycles. The first-order chi connectivity index (χ1) is 12.1. The van der Waals surface area contributed by atoms with Crippen molar-refractivity contribution in [2.45, 2.75) is 26.5 Å². The summed E-state index contributed by atoms with van der Waals surface area (Å²) in [5.41, 5.74) is 3.56. The van der Waals surface area contributed by atoms with Crippen molar-refractivity contribution >= 4 is 23.3 Å². The van der Waals surface area contributed by atoms with E-state index in [0.717, 1.165) is 30.6 Å². The number of nitrogens with zero attached hydrogens (tertiary/aromatic N) is 1. The van der Waals surface area contributed by atoms with E-state index in [4.69, 9.17) is 9.47 Å². The summed E-state index contributed by atoms with van der Waals surface area (Å²) in [5.74, 6) is -0.644. The van der Waals surface area contributed by atoms with Crippen molar-refractivity contribution in [2.24, 2.45) is 0 Å². The molecule has 1 aromatic heterocycles. The van der Waals surface area contributed by atoms with Gasteiger partial charge < -0.3 is 9.47 Å². The smallest absolute Gasteiger partial charge is 0.337 e. The molecule has 3 rings (SSSR count). The van der Waals surface area contributed by atoms with Crippen molar-refractivity contribution in [1.29, 1.82) is 0 Å². The molecule has 6 heteroatoms. The van der Waals surface area contributed by atoms with Crippen molar-refractivity contribution in [2.75, 3.05) is 20.2 Å². The van der Waals surface area contributed by atoms with Gasteiger partial charge in [-0.2, -0.15) is 0 Å². The fraction of sp³-hybridized carbons (Fsp3) is 0.368. The molecule has 0 bridgehead atoms. The Morgan fingerprint density at radius 1 is 1.28 bits per heavy atom. The highest BCUT2D eigenvalue weighted by Gasteiger charge is 2.20. The zero-order valence-electron chi connectivity index (χ0n) is 14.4. The Morgan fingerprint density at radius 2 is 2.12 bits per heavy atom. The van der Waals surface area contributed by atoms with Crippen LogP contribution in [0.1, 0.15) is 31.9 Å². The highest BCUT2D eigenvalue weighted by molar-refractivity contribution is 7.10. The number of thiophene rings is 1. The van der Waals surface area contributed by atoms with Crippen LogP contribution in [0.2, 0.25) is 0 Å². The van der Waals surface area contributed by atoms with Crippen LogP contribution in [0.25, 0.3) is 0 Å². The first kappa shape index (κ1) is 17.6. The highest BCUT2D eigenvalue weighted by Crippen LogP contribution is 2.23. The summed E-state index contributed by atoms with van der Waals surface area (Å²) in [6.45, 7) is 4.04. The minimum atomic E-state index is -0.396. The molecule has 0 atom stereocenters. The van der Waals surface area contributed by atoms with E-state index >= 15 is 0 Å². The third kappa shape index (κ3) is 4.27. The molecule has 0 spiro atoms. The molecular formula is C19H21NO4S. The van der Waals surface area contributed by atoms with Crippen LogP contribution in [0.15, 0.2) is 29.6 Å². The lowest BCUT2D eigenvalue weighted by atomic mass is 10.1. The van der Waals surface area contributed by atoms with Crippen LogP contribution in [0.5, 0.6) is 0 Å². The van der Waals surface area contributed by atoms with Gasteiger partial charge in [0.05, 0.1) is 19.2 Å². The zero-order valence-corrected chi connectivity index (χ0v) is 15.2. The third-order valence-corrected chi connectivity index (χ3v) is 5.42. The first-order valence-corrected chi connectivity index (χ1v) is 9.06. The molecular weight excluding hydrogens is 338 g/mol. The number of ether oxygens (including phenoxy) is 2. The predicted molar refractivity (Wildman–Crippen MR) is 95.6 cm³/mol. The fourth-order valence-electron chi connectivity index (χ4n) is 2.90. The molecule has 132 valence electrons. The molecule has 1 aliphatic heterocycles. The van der Waals surface area contributed by atoms with E-state index in [1.54, 1.807) is 23.5 Å². The normalized spacial score (nSPS) is 14.0. The fourth-order valence-corrected chi connectivity index (χ4v) is 3.79.